The van der Waals surface area contributed by atoms with Crippen molar-refractivity contribution < 1.29 is 13.9 Å². The molecule has 0 bridgehead atoms. The van der Waals surface area contributed by atoms with Crippen LogP contribution in [0.25, 0.3) is 10.8 Å². The van der Waals surface area contributed by atoms with Crippen LogP contribution in [0.1, 0.15) is 35.0 Å². The van der Waals surface area contributed by atoms with Gasteiger partial charge in [-0.25, -0.2) is 5.10 Å². The monoisotopic (exact) mass is 341 g/mol. The number of aromatic nitrogens is 2. The lowest BCUT2D eigenvalue weighted by Gasteiger charge is -2.16. The molecule has 0 aliphatic heterocycles. The first-order chi connectivity index (χ1) is 12.1. The number of ether oxygens (including phenoxy) is 1. The zero-order valence-electron chi connectivity index (χ0n) is 14.0. The van der Waals surface area contributed by atoms with Gasteiger partial charge < -0.3 is 14.5 Å². The molecule has 0 saturated carbocycles. The van der Waals surface area contributed by atoms with Gasteiger partial charge in [0, 0.05) is 18.9 Å². The van der Waals surface area contributed by atoms with E-state index in [4.69, 9.17) is 9.15 Å². The second-order valence-corrected chi connectivity index (χ2v) is 5.59. The Kier molecular flexibility index (Phi) is 4.95. The Labute approximate surface area is 144 Å². The third kappa shape index (κ3) is 3.46. The van der Waals surface area contributed by atoms with Gasteiger partial charge in [0.15, 0.2) is 5.69 Å². The predicted octanol–water partition coefficient (Wildman–Crippen LogP) is 2.20. The van der Waals surface area contributed by atoms with Crippen molar-refractivity contribution >= 4 is 16.7 Å². The summed E-state index contributed by atoms with van der Waals surface area (Å²) in [4.78, 5) is 24.6. The van der Waals surface area contributed by atoms with Gasteiger partial charge in [-0.1, -0.05) is 25.1 Å². The zero-order valence-corrected chi connectivity index (χ0v) is 14.0. The van der Waals surface area contributed by atoms with Crippen molar-refractivity contribution in [2.45, 2.75) is 19.4 Å². The number of methoxy groups -OCH3 is 1. The highest BCUT2D eigenvalue weighted by molar-refractivity contribution is 6.04. The third-order valence-corrected chi connectivity index (χ3v) is 3.92. The van der Waals surface area contributed by atoms with Gasteiger partial charge in [-0.2, -0.15) is 5.10 Å². The normalized spacial score (nSPS) is 12.2. The lowest BCUT2D eigenvalue weighted by Crippen LogP contribution is -2.32. The molecule has 0 fully saturated rings. The average Bonchev–Trinajstić information content (AvgIpc) is 3.11. The largest absolute Gasteiger partial charge is 0.464 e. The number of hydrogen-bond donors (Lipinski definition) is 2. The maximum absolute atomic E-state index is 12.7. The van der Waals surface area contributed by atoms with Crippen LogP contribution in [-0.4, -0.2) is 29.8 Å². The molecule has 0 aliphatic rings. The summed E-state index contributed by atoms with van der Waals surface area (Å²) in [5, 5.41) is 10.0. The number of nitrogens with one attached hydrogen (secondary N) is 2. The quantitative estimate of drug-likeness (QED) is 0.716. The van der Waals surface area contributed by atoms with E-state index in [9.17, 15) is 9.59 Å². The number of furan rings is 1. The van der Waals surface area contributed by atoms with E-state index < -0.39 is 11.9 Å². The molecule has 2 N–H and O–H groups in total. The maximum atomic E-state index is 12.7. The predicted molar refractivity (Wildman–Crippen MR) is 92.5 cm³/mol. The number of aryl methyl sites for hydroxylation is 1. The Hall–Kier alpha value is -2.93. The lowest BCUT2D eigenvalue weighted by molar-refractivity contribution is 0.0878. The maximum Gasteiger partial charge on any atom is 0.273 e. The summed E-state index contributed by atoms with van der Waals surface area (Å²) in [6.07, 6.45) is 0.764. The van der Waals surface area contributed by atoms with E-state index in [0.717, 1.165) is 12.2 Å². The summed E-state index contributed by atoms with van der Waals surface area (Å²) in [7, 11) is 1.55. The van der Waals surface area contributed by atoms with Crippen molar-refractivity contribution in [3.63, 3.8) is 0 Å². The van der Waals surface area contributed by atoms with Crippen molar-refractivity contribution in [3.8, 4) is 0 Å². The summed E-state index contributed by atoms with van der Waals surface area (Å²) in [5.41, 5.74) is -0.183. The van der Waals surface area contributed by atoms with E-state index >= 15 is 0 Å². The van der Waals surface area contributed by atoms with Crippen molar-refractivity contribution in [1.82, 2.24) is 15.5 Å². The van der Waals surface area contributed by atoms with Gasteiger partial charge in [0.25, 0.3) is 11.5 Å². The Morgan fingerprint density at radius 1 is 1.28 bits per heavy atom. The van der Waals surface area contributed by atoms with Gasteiger partial charge in [0.05, 0.1) is 12.0 Å². The Morgan fingerprint density at radius 2 is 2.04 bits per heavy atom. The first-order valence-electron chi connectivity index (χ1n) is 7.99. The number of rotatable bonds is 6. The topological polar surface area (TPSA) is 97.2 Å². The van der Waals surface area contributed by atoms with Crippen LogP contribution < -0.4 is 10.9 Å². The van der Waals surface area contributed by atoms with E-state index in [-0.39, 0.29) is 17.9 Å². The van der Waals surface area contributed by atoms with E-state index in [0.29, 0.717) is 16.5 Å². The van der Waals surface area contributed by atoms with E-state index in [1.807, 2.05) is 19.1 Å². The van der Waals surface area contributed by atoms with Gasteiger partial charge in [-0.15, -0.1) is 0 Å². The Morgan fingerprint density at radius 3 is 2.72 bits per heavy atom. The van der Waals surface area contributed by atoms with Crippen molar-refractivity contribution in [2.24, 2.45) is 0 Å². The SMILES string of the molecule is CCc1ccc([C@@H](COC)NC(=O)c2n[nH]c(=O)c3ccccc23)o1. The molecular weight excluding hydrogens is 322 g/mol. The molecule has 2 aromatic heterocycles. The highest BCUT2D eigenvalue weighted by atomic mass is 16.5. The summed E-state index contributed by atoms with van der Waals surface area (Å²) in [6, 6.07) is 10.1. The number of aromatic amines is 1. The smallest absolute Gasteiger partial charge is 0.273 e. The lowest BCUT2D eigenvalue weighted by atomic mass is 10.1. The minimum Gasteiger partial charge on any atom is -0.464 e. The number of carbonyl (C=O) groups excluding carboxylic acids is 1. The fourth-order valence-corrected chi connectivity index (χ4v) is 2.65. The minimum atomic E-state index is -0.453. The molecule has 3 aromatic rings. The Bertz CT molecular complexity index is 945. The molecule has 3 rings (SSSR count). The fourth-order valence-electron chi connectivity index (χ4n) is 2.65. The van der Waals surface area contributed by atoms with Crippen LogP contribution >= 0.6 is 0 Å². The standard InChI is InChI=1S/C18H19N3O4/c1-3-11-8-9-15(25-11)14(10-24-2)19-18(23)16-12-6-4-5-7-13(12)17(22)21-20-16/h4-9,14H,3,10H2,1-2H3,(H,19,23)(H,21,22)/t14-/m1/s1. The molecular formula is C18H19N3O4. The summed E-state index contributed by atoms with van der Waals surface area (Å²) in [6.45, 7) is 2.24. The second kappa shape index (κ2) is 7.31. The Balaban J connectivity index is 1.92. The molecule has 1 aromatic carbocycles. The van der Waals surface area contributed by atoms with Gasteiger partial charge in [-0.05, 0) is 18.2 Å². The van der Waals surface area contributed by atoms with Crippen LogP contribution in [0.2, 0.25) is 0 Å². The molecule has 7 nitrogen and oxygen atoms in total. The van der Waals surface area contributed by atoms with Crippen LogP contribution in [0.15, 0.2) is 45.6 Å². The number of H-pyrrole nitrogens is 1. The number of fused-ring (bicyclic) bond motifs is 1. The first kappa shape index (κ1) is 16.9. The molecule has 2 heterocycles. The highest BCUT2D eigenvalue weighted by Crippen LogP contribution is 2.19. The molecule has 25 heavy (non-hydrogen) atoms. The summed E-state index contributed by atoms with van der Waals surface area (Å²) >= 11 is 0. The van der Waals surface area contributed by atoms with Gasteiger partial charge in [-0.3, -0.25) is 9.59 Å². The molecule has 0 aliphatic carbocycles. The molecule has 0 radical (unpaired) electrons. The van der Waals surface area contributed by atoms with Gasteiger partial charge in [0.2, 0.25) is 0 Å². The third-order valence-electron chi connectivity index (χ3n) is 3.92. The van der Waals surface area contributed by atoms with Crippen LogP contribution in [0.5, 0.6) is 0 Å². The van der Waals surface area contributed by atoms with E-state index in [1.165, 1.54) is 0 Å². The first-order valence-corrected chi connectivity index (χ1v) is 7.99. The molecule has 0 saturated heterocycles. The molecule has 130 valence electrons. The molecule has 7 heteroatoms. The molecule has 1 atom stereocenters. The zero-order chi connectivity index (χ0) is 17.8. The van der Waals surface area contributed by atoms with E-state index in [2.05, 4.69) is 15.5 Å². The highest BCUT2D eigenvalue weighted by Gasteiger charge is 2.21. The summed E-state index contributed by atoms with van der Waals surface area (Å²) < 4.78 is 10.9. The average molecular weight is 341 g/mol. The molecule has 0 unspecified atom stereocenters. The van der Waals surface area contributed by atoms with Crippen LogP contribution in [0, 0.1) is 0 Å². The van der Waals surface area contributed by atoms with Crippen LogP contribution in [0.4, 0.5) is 0 Å². The van der Waals surface area contributed by atoms with Crippen molar-refractivity contribution in [3.05, 3.63) is 64.0 Å². The van der Waals surface area contributed by atoms with Crippen LogP contribution in [0.3, 0.4) is 0 Å². The molecule has 0 spiro atoms. The number of carbonyl (C=O) groups is 1. The van der Waals surface area contributed by atoms with Crippen LogP contribution in [-0.2, 0) is 11.2 Å². The number of nitrogens with zero attached hydrogens (tertiary/aromatic N) is 1. The molecule has 1 amide bonds. The summed E-state index contributed by atoms with van der Waals surface area (Å²) in [5.74, 6) is 1.03. The second-order valence-electron chi connectivity index (χ2n) is 5.59. The number of hydrogen-bond acceptors (Lipinski definition) is 5. The number of benzene rings is 1. The minimum absolute atomic E-state index is 0.151. The van der Waals surface area contributed by atoms with Gasteiger partial charge in [0.1, 0.15) is 17.6 Å². The number of amides is 1. The fraction of sp³-hybridized carbons (Fsp3) is 0.278. The van der Waals surface area contributed by atoms with E-state index in [1.54, 1.807) is 31.4 Å². The van der Waals surface area contributed by atoms with Gasteiger partial charge >= 0.3 is 0 Å². The van der Waals surface area contributed by atoms with Crippen molar-refractivity contribution in [1.29, 1.82) is 0 Å². The van der Waals surface area contributed by atoms with Crippen molar-refractivity contribution in [2.75, 3.05) is 13.7 Å².